The molecular weight excluding hydrogens is 452 g/mol. The average Bonchev–Trinajstić information content (AvgIpc) is 2.69. The maximum atomic E-state index is 13.3. The molecule has 0 atom stereocenters. The van der Waals surface area contributed by atoms with E-state index < -0.39 is 5.82 Å². The highest BCUT2D eigenvalue weighted by molar-refractivity contribution is 14.1. The van der Waals surface area contributed by atoms with Crippen LogP contribution in [0, 0.1) is 9.39 Å². The number of hydrogen-bond acceptors (Lipinski definition) is 2. The lowest BCUT2D eigenvalue weighted by Crippen LogP contribution is -2.29. The van der Waals surface area contributed by atoms with Gasteiger partial charge in [0.2, 0.25) is 0 Å². The van der Waals surface area contributed by atoms with Gasteiger partial charge in [0.05, 0.1) is 17.7 Å². The minimum atomic E-state index is -0.403. The number of nitrogens with zero attached hydrogens (tertiary/aromatic N) is 1. The number of rotatable bonds is 2. The number of carbonyl (C=O) groups is 2. The second-order valence-corrected chi connectivity index (χ2v) is 6.61. The fourth-order valence-electron chi connectivity index (χ4n) is 2.27. The minimum absolute atomic E-state index is 0.0424. The summed E-state index contributed by atoms with van der Waals surface area (Å²) in [6, 6.07) is 9.36. The van der Waals surface area contributed by atoms with E-state index in [9.17, 15) is 14.0 Å². The van der Waals surface area contributed by atoms with Gasteiger partial charge in [-0.2, -0.15) is 0 Å². The Hall–Kier alpha value is -1.28. The quantitative estimate of drug-likeness (QED) is 0.503. The summed E-state index contributed by atoms with van der Waals surface area (Å²) in [4.78, 5) is 25.9. The van der Waals surface area contributed by atoms with Gasteiger partial charge in [0.15, 0.2) is 0 Å². The normalized spacial score (nSPS) is 13.8. The molecule has 3 nitrogen and oxygen atoms in total. The van der Waals surface area contributed by atoms with Gasteiger partial charge in [-0.15, -0.1) is 0 Å². The zero-order valence-corrected chi connectivity index (χ0v) is 14.3. The number of fused-ring (bicyclic) bond motifs is 1. The van der Waals surface area contributed by atoms with E-state index in [4.69, 9.17) is 0 Å². The highest BCUT2D eigenvalue weighted by Gasteiger charge is 2.37. The number of halogens is 3. The first-order valence-corrected chi connectivity index (χ1v) is 7.95. The molecule has 0 fully saturated rings. The first kappa shape index (κ1) is 14.6. The topological polar surface area (TPSA) is 37.4 Å². The Labute approximate surface area is 142 Å². The monoisotopic (exact) mass is 459 g/mol. The third-order valence-electron chi connectivity index (χ3n) is 3.28. The van der Waals surface area contributed by atoms with E-state index in [0.29, 0.717) is 21.2 Å². The molecule has 0 saturated carbocycles. The van der Waals surface area contributed by atoms with Crippen LogP contribution in [0.15, 0.2) is 40.9 Å². The second-order valence-electron chi connectivity index (χ2n) is 4.59. The maximum absolute atomic E-state index is 13.3. The van der Waals surface area contributed by atoms with Crippen LogP contribution in [0.25, 0.3) is 0 Å². The molecule has 3 rings (SSSR count). The molecule has 1 aliphatic heterocycles. The molecule has 6 heteroatoms. The van der Waals surface area contributed by atoms with Gasteiger partial charge < -0.3 is 0 Å². The van der Waals surface area contributed by atoms with Crippen LogP contribution in [-0.2, 0) is 6.54 Å². The SMILES string of the molecule is O=C1c2cccc(I)c2C(=O)N1Cc1cc(F)ccc1Br. The molecule has 0 bridgehead atoms. The summed E-state index contributed by atoms with van der Waals surface area (Å²) < 4.78 is 14.7. The molecule has 1 aliphatic rings. The molecule has 21 heavy (non-hydrogen) atoms. The summed E-state index contributed by atoms with van der Waals surface area (Å²) in [5.41, 5.74) is 1.38. The minimum Gasteiger partial charge on any atom is -0.270 e. The predicted molar refractivity (Wildman–Crippen MR) is 87.5 cm³/mol. The zero-order valence-electron chi connectivity index (χ0n) is 10.6. The van der Waals surface area contributed by atoms with E-state index in [-0.39, 0.29) is 18.4 Å². The van der Waals surface area contributed by atoms with Crippen molar-refractivity contribution in [3.63, 3.8) is 0 Å². The van der Waals surface area contributed by atoms with Crippen LogP contribution < -0.4 is 0 Å². The summed E-state index contributed by atoms with van der Waals surface area (Å²) in [6.45, 7) is 0.0424. The van der Waals surface area contributed by atoms with Gasteiger partial charge >= 0.3 is 0 Å². The van der Waals surface area contributed by atoms with Crippen LogP contribution >= 0.6 is 38.5 Å². The number of carbonyl (C=O) groups excluding carboxylic acids is 2. The second kappa shape index (κ2) is 5.49. The third kappa shape index (κ3) is 2.50. The molecule has 2 aromatic rings. The van der Waals surface area contributed by atoms with Crippen molar-refractivity contribution in [1.82, 2.24) is 4.90 Å². The Balaban J connectivity index is 1.99. The molecule has 0 spiro atoms. The Bertz CT molecular complexity index is 778. The fourth-order valence-corrected chi connectivity index (χ4v) is 3.37. The molecule has 0 aliphatic carbocycles. The maximum Gasteiger partial charge on any atom is 0.262 e. The Morgan fingerprint density at radius 2 is 1.90 bits per heavy atom. The highest BCUT2D eigenvalue weighted by atomic mass is 127. The zero-order chi connectivity index (χ0) is 15.1. The van der Waals surface area contributed by atoms with Crippen molar-refractivity contribution in [3.05, 3.63) is 66.9 Å². The summed E-state index contributed by atoms with van der Waals surface area (Å²) in [5.74, 6) is -1.08. The standard InChI is InChI=1S/C15H8BrFINO2/c16-11-5-4-9(17)6-8(11)7-19-14(20)10-2-1-3-12(18)13(10)15(19)21/h1-6H,7H2. The molecule has 1 heterocycles. The third-order valence-corrected chi connectivity index (χ3v) is 4.96. The summed E-state index contributed by atoms with van der Waals surface area (Å²) >= 11 is 5.35. The summed E-state index contributed by atoms with van der Waals surface area (Å²) in [5, 5.41) is 0. The van der Waals surface area contributed by atoms with Crippen molar-refractivity contribution in [3.8, 4) is 0 Å². The van der Waals surface area contributed by atoms with Crippen molar-refractivity contribution in [2.24, 2.45) is 0 Å². The van der Waals surface area contributed by atoms with E-state index in [1.54, 1.807) is 24.3 Å². The van der Waals surface area contributed by atoms with Crippen LogP contribution in [0.2, 0.25) is 0 Å². The number of benzene rings is 2. The largest absolute Gasteiger partial charge is 0.270 e. The molecule has 106 valence electrons. The Morgan fingerprint density at radius 3 is 2.62 bits per heavy atom. The molecule has 0 N–H and O–H groups in total. The molecule has 0 aromatic heterocycles. The lowest BCUT2D eigenvalue weighted by Gasteiger charge is -2.15. The van der Waals surface area contributed by atoms with Crippen LogP contribution in [0.4, 0.5) is 4.39 Å². The molecule has 2 aromatic carbocycles. The molecule has 0 unspecified atom stereocenters. The Kier molecular flexibility index (Phi) is 3.83. The van der Waals surface area contributed by atoms with E-state index in [2.05, 4.69) is 15.9 Å². The predicted octanol–water partition coefficient (Wildman–Crippen LogP) is 3.99. The van der Waals surface area contributed by atoms with E-state index in [1.165, 1.54) is 12.1 Å². The van der Waals surface area contributed by atoms with Crippen molar-refractivity contribution >= 4 is 50.3 Å². The summed E-state index contributed by atoms with van der Waals surface area (Å²) in [6.07, 6.45) is 0. The van der Waals surface area contributed by atoms with E-state index >= 15 is 0 Å². The van der Waals surface area contributed by atoms with Crippen molar-refractivity contribution in [2.45, 2.75) is 6.54 Å². The Morgan fingerprint density at radius 1 is 1.14 bits per heavy atom. The number of amides is 2. The van der Waals surface area contributed by atoms with Crippen LogP contribution in [0.5, 0.6) is 0 Å². The lowest BCUT2D eigenvalue weighted by atomic mass is 10.1. The number of hydrogen-bond donors (Lipinski definition) is 0. The van der Waals surface area contributed by atoms with Gasteiger partial charge in [0, 0.05) is 8.04 Å². The van der Waals surface area contributed by atoms with Gasteiger partial charge in [-0.05, 0) is 58.5 Å². The van der Waals surface area contributed by atoms with Crippen molar-refractivity contribution in [1.29, 1.82) is 0 Å². The average molecular weight is 460 g/mol. The smallest absolute Gasteiger partial charge is 0.262 e. The molecule has 0 radical (unpaired) electrons. The van der Waals surface area contributed by atoms with E-state index in [1.807, 2.05) is 22.6 Å². The first-order valence-electron chi connectivity index (χ1n) is 6.07. The number of imide groups is 1. The van der Waals surface area contributed by atoms with Gasteiger partial charge in [0.25, 0.3) is 11.8 Å². The van der Waals surface area contributed by atoms with Crippen LogP contribution in [0.1, 0.15) is 26.3 Å². The van der Waals surface area contributed by atoms with Crippen LogP contribution in [0.3, 0.4) is 0 Å². The highest BCUT2D eigenvalue weighted by Crippen LogP contribution is 2.29. The lowest BCUT2D eigenvalue weighted by molar-refractivity contribution is 0.0641. The van der Waals surface area contributed by atoms with Gasteiger partial charge in [-0.25, -0.2) is 4.39 Å². The molecule has 0 saturated heterocycles. The first-order chi connectivity index (χ1) is 9.99. The summed E-state index contributed by atoms with van der Waals surface area (Å²) in [7, 11) is 0. The van der Waals surface area contributed by atoms with Crippen molar-refractivity contribution < 1.29 is 14.0 Å². The van der Waals surface area contributed by atoms with E-state index in [0.717, 1.165) is 8.47 Å². The van der Waals surface area contributed by atoms with Gasteiger partial charge in [0.1, 0.15) is 5.82 Å². The fraction of sp³-hybridized carbons (Fsp3) is 0.0667. The molecular formula is C15H8BrFINO2. The van der Waals surface area contributed by atoms with Gasteiger partial charge in [-0.1, -0.05) is 22.0 Å². The van der Waals surface area contributed by atoms with Gasteiger partial charge in [-0.3, -0.25) is 14.5 Å². The molecule has 2 amide bonds. The van der Waals surface area contributed by atoms with Crippen molar-refractivity contribution in [2.75, 3.05) is 0 Å². The van der Waals surface area contributed by atoms with Crippen LogP contribution in [-0.4, -0.2) is 16.7 Å².